The Morgan fingerprint density at radius 2 is 1.53 bits per heavy atom. The number of aldehydes is 1. The van der Waals surface area contributed by atoms with Crippen molar-refractivity contribution in [3.63, 3.8) is 0 Å². The second-order valence-electron chi connectivity index (χ2n) is 14.1. The van der Waals surface area contributed by atoms with Gasteiger partial charge < -0.3 is 25.8 Å². The number of nitrogens with one attached hydrogen (secondary N) is 2. The molecule has 57 heavy (non-hydrogen) atoms. The van der Waals surface area contributed by atoms with Crippen LogP contribution in [0.15, 0.2) is 78.9 Å². The van der Waals surface area contributed by atoms with Gasteiger partial charge in [-0.05, 0) is 121 Å². The summed E-state index contributed by atoms with van der Waals surface area (Å²) in [5.74, 6) is 1.61. The van der Waals surface area contributed by atoms with E-state index in [2.05, 4.69) is 61.3 Å². The number of nitrogens with two attached hydrogens (primary N) is 1. The fourth-order valence-electron chi connectivity index (χ4n) is 6.62. The number of nitrogens with zero attached hydrogens (tertiary/aromatic N) is 9. The van der Waals surface area contributed by atoms with E-state index in [1.165, 1.54) is 38.1 Å². The number of aromatic nitrogens is 6. The van der Waals surface area contributed by atoms with Crippen molar-refractivity contribution in [3.05, 3.63) is 106 Å². The summed E-state index contributed by atoms with van der Waals surface area (Å²) in [6, 6.07) is 29.9. The molecule has 2 aliphatic heterocycles. The Labute approximate surface area is 341 Å². The van der Waals surface area contributed by atoms with Gasteiger partial charge in [-0.2, -0.15) is 10.5 Å². The molecule has 7 heterocycles. The Morgan fingerprint density at radius 3 is 2.18 bits per heavy atom. The molecule has 0 spiro atoms. The number of imidazole rings is 2. The Bertz CT molecular complexity index is 2500. The molecule has 2 saturated heterocycles. The summed E-state index contributed by atoms with van der Waals surface area (Å²) < 4.78 is 2.00. The van der Waals surface area contributed by atoms with E-state index in [0.717, 1.165) is 70.7 Å². The molecule has 15 heteroatoms. The molecule has 2 aromatic carbocycles. The molecule has 0 saturated carbocycles. The van der Waals surface area contributed by atoms with Gasteiger partial charge in [-0.15, -0.1) is 0 Å². The highest BCUT2D eigenvalue weighted by Gasteiger charge is 2.18. The summed E-state index contributed by atoms with van der Waals surface area (Å²) in [5, 5.41) is 23.0. The maximum absolute atomic E-state index is 10.2. The van der Waals surface area contributed by atoms with Crippen molar-refractivity contribution in [2.24, 2.45) is 5.73 Å². The lowest BCUT2D eigenvalue weighted by Crippen LogP contribution is -2.37. The van der Waals surface area contributed by atoms with Crippen LogP contribution in [-0.2, 0) is 6.42 Å². The van der Waals surface area contributed by atoms with Crippen LogP contribution in [0.2, 0.25) is 10.3 Å². The third-order valence-electron chi connectivity index (χ3n) is 9.83. The Morgan fingerprint density at radius 1 is 0.842 bits per heavy atom. The average molecular weight is 804 g/mol. The van der Waals surface area contributed by atoms with Gasteiger partial charge >= 0.3 is 0 Å². The summed E-state index contributed by atoms with van der Waals surface area (Å²) in [7, 11) is 4.31. The van der Waals surface area contributed by atoms with Crippen molar-refractivity contribution in [2.75, 3.05) is 45.6 Å². The van der Waals surface area contributed by atoms with Crippen LogP contribution in [0.3, 0.4) is 0 Å². The quantitative estimate of drug-likeness (QED) is 0.120. The first kappa shape index (κ1) is 41.0. The smallest absolute Gasteiger partial charge is 0.157 e. The normalized spacial score (nSPS) is 15.1. The van der Waals surface area contributed by atoms with E-state index < -0.39 is 0 Å². The second-order valence-corrected chi connectivity index (χ2v) is 14.8. The summed E-state index contributed by atoms with van der Waals surface area (Å²) in [4.78, 5) is 35.4. The lowest BCUT2D eigenvalue weighted by Gasteiger charge is -2.29. The van der Waals surface area contributed by atoms with E-state index in [1.807, 2.05) is 71.1 Å². The molecule has 0 aliphatic carbocycles. The molecule has 5 aromatic heterocycles. The molecule has 4 N–H and O–H groups in total. The molecule has 2 fully saturated rings. The number of para-hydroxylation sites is 4. The fourth-order valence-corrected chi connectivity index (χ4v) is 7.01. The first-order valence-electron chi connectivity index (χ1n) is 18.7. The number of pyridine rings is 3. The maximum Gasteiger partial charge on any atom is 0.157 e. The first-order chi connectivity index (χ1) is 27.6. The molecule has 13 nitrogen and oxygen atoms in total. The van der Waals surface area contributed by atoms with E-state index >= 15 is 0 Å². The number of hydrogen-bond acceptors (Lipinski definition) is 11. The van der Waals surface area contributed by atoms with Gasteiger partial charge in [-0.1, -0.05) is 47.5 Å². The van der Waals surface area contributed by atoms with Gasteiger partial charge in [0, 0.05) is 17.5 Å². The topological polar surface area (TPSA) is 181 Å². The van der Waals surface area contributed by atoms with Gasteiger partial charge in [0.25, 0.3) is 0 Å². The summed E-state index contributed by atoms with van der Waals surface area (Å²) in [6.45, 7) is 4.57. The predicted molar refractivity (Wildman–Crippen MR) is 227 cm³/mol. The van der Waals surface area contributed by atoms with Crippen LogP contribution in [0.1, 0.15) is 47.4 Å². The number of hydrogen-bond donors (Lipinski definition) is 3. The van der Waals surface area contributed by atoms with E-state index in [1.54, 1.807) is 0 Å². The molecule has 2 aliphatic rings. The van der Waals surface area contributed by atoms with Crippen molar-refractivity contribution in [1.82, 2.24) is 39.1 Å². The number of anilines is 1. The Kier molecular flexibility index (Phi) is 14.0. The van der Waals surface area contributed by atoms with Crippen LogP contribution in [0.25, 0.3) is 38.7 Å². The number of aromatic amines is 1. The lowest BCUT2D eigenvalue weighted by atomic mass is 10.1. The minimum Gasteiger partial charge on any atom is -0.367 e. The highest BCUT2D eigenvalue weighted by molar-refractivity contribution is 6.33. The number of rotatable bonds is 4. The van der Waals surface area contributed by atoms with Gasteiger partial charge in [0.1, 0.15) is 33.7 Å². The number of fused-ring (bicyclic) bond motifs is 6. The Balaban J connectivity index is 0.000000150. The highest BCUT2D eigenvalue weighted by Crippen LogP contribution is 2.27. The van der Waals surface area contributed by atoms with Gasteiger partial charge in [0.15, 0.2) is 11.9 Å². The summed E-state index contributed by atoms with van der Waals surface area (Å²) in [6.07, 6.45) is 5.56. The number of carbonyl (C=O) groups is 1. The van der Waals surface area contributed by atoms with Crippen LogP contribution >= 0.6 is 23.2 Å². The fraction of sp³-hybridized carbons (Fsp3) is 0.310. The zero-order valence-electron chi connectivity index (χ0n) is 31.9. The van der Waals surface area contributed by atoms with Crippen molar-refractivity contribution in [3.8, 4) is 12.1 Å². The standard InChI is InChI=1S/C21H20N6.C9H7N3.C6H3Cl2NO.C6H14N2/c1-26-10-8-16(9-11-26)23-19-7-6-14-12-15(13-22)21-24-17-4-2-3-5-18(17)27(21)20(14)25-19;10-6-5-9-11-7-3-1-2-4-8(7)12-9;7-5-2-1-4(3-10)6(8)9-5;1-8-4-2-6(7)3-5-8/h2-7,12,16H,8-11H2,1H3,(H,23,25);1-4H,5H2,(H,11,12);1-3H;6H,2-5,7H2,1H3. The predicted octanol–water partition coefficient (Wildman–Crippen LogP) is 7.28. The molecular weight excluding hydrogens is 759 g/mol. The van der Waals surface area contributed by atoms with E-state index in [4.69, 9.17) is 39.2 Å². The average Bonchev–Trinajstić information content (AvgIpc) is 3.82. The molecule has 0 bridgehead atoms. The zero-order valence-corrected chi connectivity index (χ0v) is 33.4. The molecule has 0 amide bonds. The third kappa shape index (κ3) is 10.6. The lowest BCUT2D eigenvalue weighted by molar-refractivity contribution is 0.112. The molecule has 0 atom stereocenters. The van der Waals surface area contributed by atoms with Gasteiger partial charge in [0.2, 0.25) is 0 Å². The number of likely N-dealkylation sites (tertiary alicyclic amines) is 2. The number of carbonyl (C=O) groups excluding carboxylic acids is 1. The molecule has 292 valence electrons. The van der Waals surface area contributed by atoms with Crippen molar-refractivity contribution in [1.29, 1.82) is 10.5 Å². The van der Waals surface area contributed by atoms with E-state index in [9.17, 15) is 10.1 Å². The van der Waals surface area contributed by atoms with Crippen molar-refractivity contribution >= 4 is 74.1 Å². The van der Waals surface area contributed by atoms with Crippen LogP contribution in [0.4, 0.5) is 5.82 Å². The molecular formula is C42H44Cl2N12O. The number of piperidine rings is 2. The van der Waals surface area contributed by atoms with Crippen LogP contribution in [-0.4, -0.2) is 97.8 Å². The summed E-state index contributed by atoms with van der Waals surface area (Å²) >= 11 is 11.0. The monoisotopic (exact) mass is 802 g/mol. The largest absolute Gasteiger partial charge is 0.367 e. The minimum atomic E-state index is 0.141. The SMILES string of the molecule is CN1CCC(N)CC1.CN1CCC(Nc2ccc3cc(C#N)c4nc5ccccc5n4c3n2)CC1.N#CCc1nc2ccccc2[nH]1.O=Cc1ccc(Cl)nc1Cl. The molecule has 0 radical (unpaired) electrons. The zero-order chi connectivity index (χ0) is 40.3. The molecule has 7 aromatic rings. The van der Waals surface area contributed by atoms with E-state index in [0.29, 0.717) is 41.6 Å². The molecule has 0 unspecified atom stereocenters. The van der Waals surface area contributed by atoms with Crippen molar-refractivity contribution in [2.45, 2.75) is 44.2 Å². The number of benzene rings is 2. The van der Waals surface area contributed by atoms with Crippen LogP contribution < -0.4 is 11.1 Å². The van der Waals surface area contributed by atoms with E-state index in [-0.39, 0.29) is 10.3 Å². The van der Waals surface area contributed by atoms with Gasteiger partial charge in [-0.25, -0.2) is 19.9 Å². The van der Waals surface area contributed by atoms with Crippen LogP contribution in [0.5, 0.6) is 0 Å². The number of nitriles is 2. The second kappa shape index (κ2) is 19.5. The highest BCUT2D eigenvalue weighted by atomic mass is 35.5. The molecule has 9 rings (SSSR count). The van der Waals surface area contributed by atoms with Crippen molar-refractivity contribution < 1.29 is 4.79 Å². The minimum absolute atomic E-state index is 0.141. The maximum atomic E-state index is 10.2. The number of halogens is 2. The van der Waals surface area contributed by atoms with Crippen LogP contribution in [0, 0.1) is 22.7 Å². The first-order valence-corrected chi connectivity index (χ1v) is 19.5. The number of H-pyrrole nitrogens is 1. The summed E-state index contributed by atoms with van der Waals surface area (Å²) in [5.41, 5.74) is 11.8. The van der Waals surface area contributed by atoms with Gasteiger partial charge in [0.05, 0.1) is 45.7 Å². The third-order valence-corrected chi connectivity index (χ3v) is 10.3. The Hall–Kier alpha value is -5.67. The van der Waals surface area contributed by atoms with Gasteiger partial charge in [-0.3, -0.25) is 9.20 Å².